The van der Waals surface area contributed by atoms with E-state index in [1.165, 1.54) is 5.69 Å². The maximum absolute atomic E-state index is 12.8. The van der Waals surface area contributed by atoms with E-state index in [-0.39, 0.29) is 12.0 Å². The first kappa shape index (κ1) is 18.0. The van der Waals surface area contributed by atoms with Crippen LogP contribution in [0.1, 0.15) is 12.5 Å². The Bertz CT molecular complexity index is 836. The highest BCUT2D eigenvalue weighted by atomic mass is 32.2. The van der Waals surface area contributed by atoms with Crippen molar-refractivity contribution in [3.8, 4) is 11.5 Å². The van der Waals surface area contributed by atoms with Crippen LogP contribution >= 0.6 is 11.8 Å². The average Bonchev–Trinajstić information content (AvgIpc) is 2.69. The number of amides is 1. The molecule has 2 heterocycles. The zero-order chi connectivity index (χ0) is 18.8. The molecule has 0 radical (unpaired) electrons. The van der Waals surface area contributed by atoms with Crippen molar-refractivity contribution in [3.63, 3.8) is 0 Å². The van der Waals surface area contributed by atoms with Crippen LogP contribution in [0.4, 0.5) is 11.4 Å². The predicted octanol–water partition coefficient (Wildman–Crippen LogP) is 3.72. The summed E-state index contributed by atoms with van der Waals surface area (Å²) in [7, 11) is 0. The van der Waals surface area contributed by atoms with Crippen molar-refractivity contribution in [1.82, 2.24) is 0 Å². The molecule has 4 rings (SSSR count). The van der Waals surface area contributed by atoms with Crippen molar-refractivity contribution in [3.05, 3.63) is 48.0 Å². The second-order valence-electron chi connectivity index (χ2n) is 6.90. The highest BCUT2D eigenvalue weighted by Crippen LogP contribution is 2.34. The van der Waals surface area contributed by atoms with E-state index in [1.54, 1.807) is 0 Å². The molecule has 0 saturated carbocycles. The second kappa shape index (κ2) is 7.72. The van der Waals surface area contributed by atoms with Gasteiger partial charge in [-0.05, 0) is 49.7 Å². The average molecular weight is 385 g/mol. The summed E-state index contributed by atoms with van der Waals surface area (Å²) in [6.07, 6.45) is -1.04. The zero-order valence-electron chi connectivity index (χ0n) is 15.6. The maximum Gasteiger partial charge on any atom is 0.269 e. The molecule has 2 aliphatic heterocycles. The zero-order valence-corrected chi connectivity index (χ0v) is 16.4. The molecule has 27 heavy (non-hydrogen) atoms. The quantitative estimate of drug-likeness (QED) is 0.874. The summed E-state index contributed by atoms with van der Waals surface area (Å²) in [6.45, 7) is 6.01. The first-order valence-electron chi connectivity index (χ1n) is 9.28. The van der Waals surface area contributed by atoms with Gasteiger partial charge in [0, 0.05) is 36.0 Å². The third-order valence-corrected chi connectivity index (χ3v) is 5.89. The predicted molar refractivity (Wildman–Crippen MR) is 110 cm³/mol. The fraction of sp³-hybridized carbons (Fsp3) is 0.381. The van der Waals surface area contributed by atoms with Crippen LogP contribution in [0, 0.1) is 6.92 Å². The Morgan fingerprint density at radius 2 is 1.81 bits per heavy atom. The lowest BCUT2D eigenvalue weighted by molar-refractivity contribution is -0.128. The number of rotatable bonds is 3. The van der Waals surface area contributed by atoms with Gasteiger partial charge >= 0.3 is 0 Å². The number of anilines is 2. The SMILES string of the molecule is Cc1cc(N2CCSCC2)ccc1NC(=O)C1Oc2ccccc2OC1C. The number of nitrogens with one attached hydrogen (secondary N) is 1. The van der Waals surface area contributed by atoms with Gasteiger partial charge in [-0.2, -0.15) is 11.8 Å². The number of benzene rings is 2. The molecule has 2 aliphatic rings. The molecule has 1 amide bonds. The van der Waals surface area contributed by atoms with Gasteiger partial charge in [0.2, 0.25) is 6.10 Å². The van der Waals surface area contributed by atoms with Gasteiger partial charge in [0.05, 0.1) is 0 Å². The van der Waals surface area contributed by atoms with Crippen LogP contribution in [0.5, 0.6) is 11.5 Å². The fourth-order valence-corrected chi connectivity index (χ4v) is 4.32. The van der Waals surface area contributed by atoms with E-state index in [4.69, 9.17) is 9.47 Å². The van der Waals surface area contributed by atoms with Gasteiger partial charge < -0.3 is 19.7 Å². The summed E-state index contributed by atoms with van der Waals surface area (Å²) in [5, 5.41) is 3.00. The highest BCUT2D eigenvalue weighted by molar-refractivity contribution is 7.99. The number of ether oxygens (including phenoxy) is 2. The van der Waals surface area contributed by atoms with E-state index >= 15 is 0 Å². The lowest BCUT2D eigenvalue weighted by Gasteiger charge is -2.31. The minimum absolute atomic E-state index is 0.192. The summed E-state index contributed by atoms with van der Waals surface area (Å²) >= 11 is 2.00. The van der Waals surface area contributed by atoms with Crippen LogP contribution < -0.4 is 19.7 Å². The Balaban J connectivity index is 1.46. The van der Waals surface area contributed by atoms with Crippen LogP contribution in [0.15, 0.2) is 42.5 Å². The third kappa shape index (κ3) is 3.86. The molecule has 1 saturated heterocycles. The van der Waals surface area contributed by atoms with E-state index in [1.807, 2.05) is 55.9 Å². The normalized spacial score (nSPS) is 21.6. The van der Waals surface area contributed by atoms with Crippen molar-refractivity contribution in [2.24, 2.45) is 0 Å². The van der Waals surface area contributed by atoms with Crippen LogP contribution in [0.25, 0.3) is 0 Å². The standard InChI is InChI=1S/C21H24N2O3S/c1-14-13-16(23-9-11-27-12-10-23)7-8-17(14)22-21(24)20-15(2)25-18-5-3-4-6-19(18)26-20/h3-8,13,15,20H,9-12H2,1-2H3,(H,22,24). The van der Waals surface area contributed by atoms with Crippen molar-refractivity contribution in [2.45, 2.75) is 26.1 Å². The summed E-state index contributed by atoms with van der Waals surface area (Å²) in [5.41, 5.74) is 3.07. The number of para-hydroxylation sites is 2. The fourth-order valence-electron chi connectivity index (χ4n) is 3.42. The highest BCUT2D eigenvalue weighted by Gasteiger charge is 2.34. The number of thioether (sulfide) groups is 1. The Morgan fingerprint density at radius 1 is 1.11 bits per heavy atom. The van der Waals surface area contributed by atoms with E-state index in [0.29, 0.717) is 11.5 Å². The molecule has 0 spiro atoms. The molecule has 2 unspecified atom stereocenters. The first-order valence-corrected chi connectivity index (χ1v) is 10.4. The second-order valence-corrected chi connectivity index (χ2v) is 8.12. The molecule has 142 valence electrons. The Kier molecular flexibility index (Phi) is 5.16. The molecule has 5 nitrogen and oxygen atoms in total. The maximum atomic E-state index is 12.8. The Morgan fingerprint density at radius 3 is 2.52 bits per heavy atom. The Hall–Kier alpha value is -2.34. The van der Waals surface area contributed by atoms with Gasteiger partial charge in [-0.25, -0.2) is 0 Å². The van der Waals surface area contributed by atoms with Gasteiger partial charge in [-0.15, -0.1) is 0 Å². The van der Waals surface area contributed by atoms with Crippen molar-refractivity contribution in [2.75, 3.05) is 34.8 Å². The van der Waals surface area contributed by atoms with Crippen molar-refractivity contribution in [1.29, 1.82) is 0 Å². The third-order valence-electron chi connectivity index (χ3n) is 4.94. The van der Waals surface area contributed by atoms with Gasteiger partial charge in [-0.1, -0.05) is 12.1 Å². The lowest BCUT2D eigenvalue weighted by atomic mass is 10.1. The smallest absolute Gasteiger partial charge is 0.269 e. The first-order chi connectivity index (χ1) is 13.1. The van der Waals surface area contributed by atoms with Gasteiger partial charge in [0.15, 0.2) is 11.5 Å². The van der Waals surface area contributed by atoms with Crippen LogP contribution in [0.2, 0.25) is 0 Å². The molecule has 2 aromatic carbocycles. The van der Waals surface area contributed by atoms with Crippen molar-refractivity contribution < 1.29 is 14.3 Å². The van der Waals surface area contributed by atoms with Crippen molar-refractivity contribution >= 4 is 29.0 Å². The number of hydrogen-bond donors (Lipinski definition) is 1. The topological polar surface area (TPSA) is 50.8 Å². The number of aryl methyl sites for hydroxylation is 1. The molecule has 0 aromatic heterocycles. The molecule has 2 atom stereocenters. The van der Waals surface area contributed by atoms with Gasteiger partial charge in [-0.3, -0.25) is 4.79 Å². The van der Waals surface area contributed by atoms with E-state index in [0.717, 1.165) is 35.8 Å². The summed E-state index contributed by atoms with van der Waals surface area (Å²) in [5.74, 6) is 3.41. The minimum Gasteiger partial charge on any atom is -0.482 e. The summed E-state index contributed by atoms with van der Waals surface area (Å²) in [4.78, 5) is 15.2. The number of nitrogens with zero attached hydrogens (tertiary/aromatic N) is 1. The summed E-state index contributed by atoms with van der Waals surface area (Å²) in [6, 6.07) is 13.6. The van der Waals surface area contributed by atoms with E-state index in [2.05, 4.69) is 22.3 Å². The molecule has 2 aromatic rings. The molecule has 0 bridgehead atoms. The number of carbonyl (C=O) groups is 1. The van der Waals surface area contributed by atoms with Crippen LogP contribution in [-0.2, 0) is 4.79 Å². The summed E-state index contributed by atoms with van der Waals surface area (Å²) < 4.78 is 11.7. The van der Waals surface area contributed by atoms with Gasteiger partial charge in [0.1, 0.15) is 6.10 Å². The lowest BCUT2D eigenvalue weighted by Crippen LogP contribution is -2.46. The number of fused-ring (bicyclic) bond motifs is 1. The van der Waals surface area contributed by atoms with Gasteiger partial charge in [0.25, 0.3) is 5.91 Å². The number of hydrogen-bond acceptors (Lipinski definition) is 5. The molecule has 1 fully saturated rings. The molecule has 6 heteroatoms. The van der Waals surface area contributed by atoms with E-state index < -0.39 is 6.10 Å². The van der Waals surface area contributed by atoms with E-state index in [9.17, 15) is 4.79 Å². The Labute approximate surface area is 164 Å². The molecular weight excluding hydrogens is 360 g/mol. The number of carbonyl (C=O) groups excluding carboxylic acids is 1. The van der Waals surface area contributed by atoms with Crippen LogP contribution in [-0.4, -0.2) is 42.7 Å². The monoisotopic (exact) mass is 384 g/mol. The largest absolute Gasteiger partial charge is 0.482 e. The molecular formula is C21H24N2O3S. The minimum atomic E-state index is -0.682. The molecule has 1 N–H and O–H groups in total. The molecule has 0 aliphatic carbocycles. The van der Waals surface area contributed by atoms with Crippen LogP contribution in [0.3, 0.4) is 0 Å².